The van der Waals surface area contributed by atoms with Crippen LogP contribution in [-0.4, -0.2) is 23.9 Å². The van der Waals surface area contributed by atoms with Crippen LogP contribution in [0, 0.1) is 0 Å². The van der Waals surface area contributed by atoms with E-state index in [4.69, 9.17) is 21.2 Å². The molecule has 1 aliphatic carbocycles. The first-order valence-corrected chi connectivity index (χ1v) is 12.7. The number of aryl methyl sites for hydroxylation is 2. The molecule has 5 rings (SSSR count). The van der Waals surface area contributed by atoms with Gasteiger partial charge in [0.05, 0.1) is 18.4 Å². The Labute approximate surface area is 204 Å². The van der Waals surface area contributed by atoms with Crippen LogP contribution in [0.2, 0.25) is 0 Å². The van der Waals surface area contributed by atoms with Crippen LogP contribution in [0.15, 0.2) is 35.7 Å². The Morgan fingerprint density at radius 2 is 1.88 bits per heavy atom. The van der Waals surface area contributed by atoms with Gasteiger partial charge in [-0.2, -0.15) is 0 Å². The summed E-state index contributed by atoms with van der Waals surface area (Å²) in [5.74, 6) is -0.280. The summed E-state index contributed by atoms with van der Waals surface area (Å²) in [4.78, 5) is 31.5. The Bertz CT molecular complexity index is 1410. The number of thiophene rings is 2. The highest BCUT2D eigenvalue weighted by Gasteiger charge is 2.24. The average Bonchev–Trinajstić information content (AvgIpc) is 3.30. The van der Waals surface area contributed by atoms with E-state index in [1.165, 1.54) is 34.7 Å². The number of nitrogens with two attached hydrogens (primary N) is 2. The number of primary amides is 1. The van der Waals surface area contributed by atoms with Crippen molar-refractivity contribution >= 4 is 55.4 Å². The van der Waals surface area contributed by atoms with Gasteiger partial charge in [0.25, 0.3) is 11.8 Å². The quantitative estimate of drug-likeness (QED) is 0.329. The highest BCUT2D eigenvalue weighted by Crippen LogP contribution is 2.39. The molecule has 2 amide bonds. The van der Waals surface area contributed by atoms with Gasteiger partial charge in [-0.3, -0.25) is 9.59 Å². The summed E-state index contributed by atoms with van der Waals surface area (Å²) in [6.07, 6.45) is 5.41. The van der Waals surface area contributed by atoms with E-state index in [0.717, 1.165) is 47.2 Å². The Morgan fingerprint density at radius 1 is 1.12 bits per heavy atom. The number of carbonyl (C=O) groups is 2. The van der Waals surface area contributed by atoms with E-state index in [1.54, 1.807) is 7.11 Å². The monoisotopic (exact) mass is 492 g/mol. The molecular formula is C25H24N4O3S2. The number of hydrogen-bond donors (Lipinski definition) is 3. The minimum Gasteiger partial charge on any atom is -0.497 e. The summed E-state index contributed by atoms with van der Waals surface area (Å²) < 4.78 is 5.20. The second-order valence-corrected chi connectivity index (χ2v) is 10.1. The summed E-state index contributed by atoms with van der Waals surface area (Å²) in [5, 5.41) is 5.88. The van der Waals surface area contributed by atoms with Gasteiger partial charge >= 0.3 is 0 Å². The molecule has 1 aromatic carbocycles. The number of amides is 2. The smallest absolute Gasteiger partial charge is 0.268 e. The Hall–Kier alpha value is -3.43. The first kappa shape index (κ1) is 22.4. The highest BCUT2D eigenvalue weighted by atomic mass is 32.1. The Kier molecular flexibility index (Phi) is 5.97. The van der Waals surface area contributed by atoms with Crippen molar-refractivity contribution in [2.75, 3.05) is 18.2 Å². The van der Waals surface area contributed by atoms with Gasteiger partial charge in [-0.05, 0) is 55.0 Å². The number of carbonyl (C=O) groups excluding carboxylic acids is 2. The fourth-order valence-electron chi connectivity index (χ4n) is 4.34. The van der Waals surface area contributed by atoms with Gasteiger partial charge in [-0.1, -0.05) is 18.6 Å². The van der Waals surface area contributed by atoms with Crippen LogP contribution in [0.25, 0.3) is 21.3 Å². The third-order valence-corrected chi connectivity index (χ3v) is 8.13. The number of benzene rings is 1. The van der Waals surface area contributed by atoms with E-state index in [2.05, 4.69) is 11.4 Å². The van der Waals surface area contributed by atoms with E-state index in [0.29, 0.717) is 26.9 Å². The van der Waals surface area contributed by atoms with E-state index >= 15 is 0 Å². The Balaban J connectivity index is 1.48. The lowest BCUT2D eigenvalue weighted by atomic mass is 10.0. The predicted molar refractivity (Wildman–Crippen MR) is 138 cm³/mol. The molecule has 5 N–H and O–H groups in total. The molecule has 0 atom stereocenters. The van der Waals surface area contributed by atoms with Crippen molar-refractivity contribution in [3.8, 4) is 16.9 Å². The molecule has 7 nitrogen and oxygen atoms in total. The van der Waals surface area contributed by atoms with Gasteiger partial charge in [0.2, 0.25) is 0 Å². The summed E-state index contributed by atoms with van der Waals surface area (Å²) in [7, 11) is 1.59. The minimum absolute atomic E-state index is 0.271. The molecule has 4 aromatic rings. The van der Waals surface area contributed by atoms with Crippen LogP contribution in [0.4, 0.5) is 10.7 Å². The molecule has 9 heteroatoms. The fourth-order valence-corrected chi connectivity index (χ4v) is 6.30. The molecule has 3 aromatic heterocycles. The van der Waals surface area contributed by atoms with Gasteiger partial charge in [0, 0.05) is 22.0 Å². The molecule has 1 aliphatic rings. The maximum absolute atomic E-state index is 13.2. The number of methoxy groups -OCH3 is 1. The van der Waals surface area contributed by atoms with E-state index in [1.807, 2.05) is 29.6 Å². The van der Waals surface area contributed by atoms with Gasteiger partial charge < -0.3 is 21.5 Å². The van der Waals surface area contributed by atoms with Crippen molar-refractivity contribution in [2.45, 2.75) is 32.1 Å². The zero-order chi connectivity index (χ0) is 23.8. The van der Waals surface area contributed by atoms with Crippen LogP contribution in [0.3, 0.4) is 0 Å². The number of pyridine rings is 1. The van der Waals surface area contributed by atoms with E-state index < -0.39 is 5.91 Å². The number of nitrogen functional groups attached to an aromatic ring is 1. The average molecular weight is 493 g/mol. The van der Waals surface area contributed by atoms with Gasteiger partial charge in [0.1, 0.15) is 20.5 Å². The maximum Gasteiger partial charge on any atom is 0.268 e. The molecule has 0 fully saturated rings. The number of rotatable bonds is 5. The van der Waals surface area contributed by atoms with Crippen LogP contribution >= 0.6 is 22.7 Å². The molecule has 34 heavy (non-hydrogen) atoms. The zero-order valence-corrected chi connectivity index (χ0v) is 20.3. The molecule has 0 saturated carbocycles. The molecule has 0 aliphatic heterocycles. The topological polar surface area (TPSA) is 120 Å². The van der Waals surface area contributed by atoms with Crippen LogP contribution in [0.5, 0.6) is 5.75 Å². The summed E-state index contributed by atoms with van der Waals surface area (Å²) >= 11 is 2.53. The molecule has 0 spiro atoms. The van der Waals surface area contributed by atoms with Crippen LogP contribution in [0.1, 0.15) is 50.5 Å². The largest absolute Gasteiger partial charge is 0.497 e. The normalized spacial score (nSPS) is 13.3. The fraction of sp³-hybridized carbons (Fsp3) is 0.240. The van der Waals surface area contributed by atoms with Crippen molar-refractivity contribution in [3.05, 3.63) is 57.4 Å². The van der Waals surface area contributed by atoms with Crippen molar-refractivity contribution in [3.63, 3.8) is 0 Å². The highest BCUT2D eigenvalue weighted by molar-refractivity contribution is 7.21. The number of anilines is 2. The Morgan fingerprint density at radius 3 is 2.62 bits per heavy atom. The van der Waals surface area contributed by atoms with Gasteiger partial charge in [0.15, 0.2) is 0 Å². The van der Waals surface area contributed by atoms with Gasteiger partial charge in [-0.15, -0.1) is 22.7 Å². The summed E-state index contributed by atoms with van der Waals surface area (Å²) in [5.41, 5.74) is 16.6. The SMILES string of the molecule is COc1ccc(-c2csc(NC(=O)c3sc4nc5c(cc4c3N)CCCCC5)c2C(N)=O)cc1. The number of ether oxygens (including phenoxy) is 1. The first-order valence-electron chi connectivity index (χ1n) is 11.0. The zero-order valence-electron chi connectivity index (χ0n) is 18.6. The van der Waals surface area contributed by atoms with Crippen molar-refractivity contribution in [1.82, 2.24) is 4.98 Å². The summed E-state index contributed by atoms with van der Waals surface area (Å²) in [6.45, 7) is 0. The van der Waals surface area contributed by atoms with Crippen LogP contribution < -0.4 is 21.5 Å². The lowest BCUT2D eigenvalue weighted by molar-refractivity contribution is 0.100. The standard InChI is InChI=1S/C25H24N4O3S2/c1-32-15-9-7-13(8-10-15)17-12-33-25(19(17)22(27)30)29-23(31)21-20(26)16-11-14-5-3-2-4-6-18(14)28-24(16)34-21/h7-12H,2-6,26H2,1H3,(H2,27,30)(H,29,31). The van der Waals surface area contributed by atoms with Crippen molar-refractivity contribution in [2.24, 2.45) is 5.73 Å². The number of fused-ring (bicyclic) bond motifs is 2. The second kappa shape index (κ2) is 9.08. The molecule has 0 radical (unpaired) electrons. The lowest BCUT2D eigenvalue weighted by Crippen LogP contribution is -2.17. The molecule has 3 heterocycles. The van der Waals surface area contributed by atoms with E-state index in [9.17, 15) is 9.59 Å². The van der Waals surface area contributed by atoms with Crippen molar-refractivity contribution in [1.29, 1.82) is 0 Å². The molecule has 0 saturated heterocycles. The van der Waals surface area contributed by atoms with Crippen LogP contribution in [-0.2, 0) is 12.8 Å². The van der Waals surface area contributed by atoms with E-state index in [-0.39, 0.29) is 11.5 Å². The van der Waals surface area contributed by atoms with Crippen molar-refractivity contribution < 1.29 is 14.3 Å². The number of hydrogen-bond acceptors (Lipinski definition) is 7. The first-order chi connectivity index (χ1) is 16.5. The minimum atomic E-state index is -0.614. The lowest BCUT2D eigenvalue weighted by Gasteiger charge is -2.07. The number of aromatic nitrogens is 1. The molecule has 0 bridgehead atoms. The summed E-state index contributed by atoms with van der Waals surface area (Å²) in [6, 6.07) is 9.40. The molecule has 0 unspecified atom stereocenters. The maximum atomic E-state index is 13.2. The third-order valence-electron chi connectivity index (χ3n) is 6.12. The third kappa shape index (κ3) is 4.01. The second-order valence-electron chi connectivity index (χ2n) is 8.25. The predicted octanol–water partition coefficient (Wildman–Crippen LogP) is 5.24. The van der Waals surface area contributed by atoms with Gasteiger partial charge in [-0.25, -0.2) is 4.98 Å². The number of nitrogens with one attached hydrogen (secondary N) is 1. The molecule has 174 valence electrons. The number of nitrogens with zero attached hydrogens (tertiary/aromatic N) is 1. The molecular weight excluding hydrogens is 468 g/mol.